The van der Waals surface area contributed by atoms with Crippen LogP contribution in [-0.2, 0) is 24.6 Å². The summed E-state index contributed by atoms with van der Waals surface area (Å²) in [6, 6.07) is 3.75. The Morgan fingerprint density at radius 2 is 1.81 bits per heavy atom. The maximum Gasteiger partial charge on any atom is 0.500 e. The van der Waals surface area contributed by atoms with Crippen molar-refractivity contribution in [3.8, 4) is 5.75 Å². The number of hydrogen-bond donors (Lipinski definition) is 0. The van der Waals surface area contributed by atoms with Gasteiger partial charge in [-0.15, -0.1) is 0 Å². The van der Waals surface area contributed by atoms with Crippen LogP contribution < -0.4 is 4.74 Å². The summed E-state index contributed by atoms with van der Waals surface area (Å²) in [6.07, 6.45) is 3.09. The van der Waals surface area contributed by atoms with Crippen LogP contribution in [0.15, 0.2) is 18.7 Å². The van der Waals surface area contributed by atoms with Gasteiger partial charge in [0.2, 0.25) is 0 Å². The van der Waals surface area contributed by atoms with Crippen molar-refractivity contribution in [3.05, 3.63) is 40.0 Å². The average Bonchev–Trinajstić information content (AvgIpc) is 2.67. The molecule has 0 bridgehead atoms. The zero-order chi connectivity index (χ0) is 19.6. The summed E-state index contributed by atoms with van der Waals surface area (Å²) in [5, 5.41) is 11.3. The van der Waals surface area contributed by atoms with Gasteiger partial charge in [-0.25, -0.2) is 0 Å². The third-order valence-corrected chi connectivity index (χ3v) is 6.89. The molecule has 0 fully saturated rings. The maximum absolute atomic E-state index is 11.3. The molecule has 1 rings (SSSR count). The van der Waals surface area contributed by atoms with E-state index in [9.17, 15) is 10.1 Å². The van der Waals surface area contributed by atoms with E-state index in [4.69, 9.17) is 22.8 Å². The minimum absolute atomic E-state index is 0.00901. The van der Waals surface area contributed by atoms with Crippen molar-refractivity contribution in [2.75, 3.05) is 35.0 Å². The molecule has 0 aliphatic heterocycles. The minimum Gasteiger partial charge on any atom is -0.496 e. The number of benzene rings is 1. The Morgan fingerprint density at radius 1 is 1.15 bits per heavy atom. The van der Waals surface area contributed by atoms with Crippen LogP contribution in [0.4, 0.5) is 5.69 Å². The van der Waals surface area contributed by atoms with E-state index in [1.165, 1.54) is 19.3 Å². The lowest BCUT2D eigenvalue weighted by Crippen LogP contribution is -2.42. The van der Waals surface area contributed by atoms with Gasteiger partial charge in [-0.2, -0.15) is 0 Å². The normalized spacial score (nSPS) is 11.4. The predicted molar refractivity (Wildman–Crippen MR) is 100 cm³/mol. The van der Waals surface area contributed by atoms with E-state index in [0.29, 0.717) is 29.5 Å². The van der Waals surface area contributed by atoms with Crippen molar-refractivity contribution in [1.82, 2.24) is 0 Å². The molecule has 0 aromatic heterocycles. The molecular weight excluding hydrogens is 358 g/mol. The van der Waals surface area contributed by atoms with Crippen LogP contribution in [0.2, 0.25) is 6.04 Å². The molecule has 8 nitrogen and oxygen atoms in total. The highest BCUT2D eigenvalue weighted by molar-refractivity contribution is 6.60. The van der Waals surface area contributed by atoms with Crippen LogP contribution >= 0.6 is 0 Å². The van der Waals surface area contributed by atoms with E-state index in [1.807, 2.05) is 0 Å². The first kappa shape index (κ1) is 22.3. The third kappa shape index (κ3) is 5.89. The van der Waals surface area contributed by atoms with Gasteiger partial charge in [0, 0.05) is 45.6 Å². The van der Waals surface area contributed by atoms with Crippen LogP contribution in [0.1, 0.15) is 24.0 Å². The number of nitro benzene ring substituents is 1. The first-order chi connectivity index (χ1) is 12.5. The fourth-order valence-electron chi connectivity index (χ4n) is 2.53. The van der Waals surface area contributed by atoms with Crippen LogP contribution in [0.3, 0.4) is 0 Å². The molecule has 0 heterocycles. The standard InChI is InChI=1S/C17H27NO7Si/c1-6-14-11-16(18(19)20)15(12-17(14)21-2)13-25-9-7-8-10-26(22-3,23-4)24-5/h6,11-12H,1,7-10,13H2,2-5H3. The predicted octanol–water partition coefficient (Wildman–Crippen LogP) is 3.42. The quantitative estimate of drug-likeness (QED) is 0.222. The maximum atomic E-state index is 11.3. The van der Waals surface area contributed by atoms with Crippen molar-refractivity contribution < 1.29 is 27.7 Å². The van der Waals surface area contributed by atoms with Gasteiger partial charge >= 0.3 is 8.80 Å². The summed E-state index contributed by atoms with van der Waals surface area (Å²) in [5.41, 5.74) is 1.03. The molecule has 146 valence electrons. The molecule has 0 unspecified atom stereocenters. The Labute approximate surface area is 155 Å². The molecule has 0 amide bonds. The van der Waals surface area contributed by atoms with Gasteiger partial charge in [0.15, 0.2) is 0 Å². The highest BCUT2D eigenvalue weighted by Gasteiger charge is 2.36. The van der Waals surface area contributed by atoms with Gasteiger partial charge in [0.25, 0.3) is 5.69 Å². The van der Waals surface area contributed by atoms with Gasteiger partial charge in [0.1, 0.15) is 5.75 Å². The summed E-state index contributed by atoms with van der Waals surface area (Å²) in [7, 11) is 3.69. The Morgan fingerprint density at radius 3 is 2.31 bits per heavy atom. The first-order valence-electron chi connectivity index (χ1n) is 8.17. The topological polar surface area (TPSA) is 89.3 Å². The first-order valence-corrected chi connectivity index (χ1v) is 10.1. The Bertz CT molecular complexity index is 597. The number of ether oxygens (including phenoxy) is 2. The summed E-state index contributed by atoms with van der Waals surface area (Å²) in [6.45, 7) is 4.24. The fraction of sp³-hybridized carbons (Fsp3) is 0.529. The molecule has 0 radical (unpaired) electrons. The van der Waals surface area contributed by atoms with E-state index in [1.54, 1.807) is 27.4 Å². The van der Waals surface area contributed by atoms with E-state index >= 15 is 0 Å². The lowest BCUT2D eigenvalue weighted by atomic mass is 10.1. The highest BCUT2D eigenvalue weighted by Crippen LogP contribution is 2.30. The van der Waals surface area contributed by atoms with Gasteiger partial charge in [-0.05, 0) is 18.9 Å². The second-order valence-electron chi connectivity index (χ2n) is 5.49. The Hall–Kier alpha value is -1.78. The molecule has 0 aliphatic rings. The van der Waals surface area contributed by atoms with Crippen molar-refractivity contribution in [1.29, 1.82) is 0 Å². The summed E-state index contributed by atoms with van der Waals surface area (Å²) in [4.78, 5) is 10.8. The number of hydrogen-bond acceptors (Lipinski definition) is 7. The van der Waals surface area contributed by atoms with Crippen LogP contribution in [-0.4, -0.2) is 48.8 Å². The van der Waals surface area contributed by atoms with Crippen LogP contribution in [0.5, 0.6) is 5.75 Å². The molecule has 9 heteroatoms. The largest absolute Gasteiger partial charge is 0.500 e. The van der Waals surface area contributed by atoms with Crippen LogP contribution in [0.25, 0.3) is 6.08 Å². The summed E-state index contributed by atoms with van der Waals surface area (Å²) < 4.78 is 26.9. The lowest BCUT2D eigenvalue weighted by molar-refractivity contribution is -0.386. The molecule has 1 aromatic rings. The van der Waals surface area contributed by atoms with Crippen molar-refractivity contribution >= 4 is 20.6 Å². The third-order valence-electron chi connectivity index (χ3n) is 4.06. The van der Waals surface area contributed by atoms with Crippen molar-refractivity contribution in [2.45, 2.75) is 25.5 Å². The average molecular weight is 385 g/mol. The molecule has 0 spiro atoms. The lowest BCUT2D eigenvalue weighted by Gasteiger charge is -2.24. The van der Waals surface area contributed by atoms with Crippen LogP contribution in [0, 0.1) is 10.1 Å². The van der Waals surface area contributed by atoms with Crippen molar-refractivity contribution in [2.24, 2.45) is 0 Å². The molecule has 0 N–H and O–H groups in total. The summed E-state index contributed by atoms with van der Waals surface area (Å²) >= 11 is 0. The second kappa shape index (κ2) is 11.0. The highest BCUT2D eigenvalue weighted by atomic mass is 28.4. The Balaban J connectivity index is 2.60. The van der Waals surface area contributed by atoms with E-state index in [0.717, 1.165) is 12.8 Å². The molecule has 0 saturated heterocycles. The number of methoxy groups -OCH3 is 1. The number of nitro groups is 1. The fourth-order valence-corrected chi connectivity index (χ4v) is 4.33. The molecule has 0 atom stereocenters. The van der Waals surface area contributed by atoms with E-state index in [2.05, 4.69) is 6.58 Å². The zero-order valence-corrected chi connectivity index (χ0v) is 16.8. The molecule has 0 saturated carbocycles. The minimum atomic E-state index is -2.56. The number of nitrogens with zero attached hydrogens (tertiary/aromatic N) is 1. The smallest absolute Gasteiger partial charge is 0.496 e. The van der Waals surface area contributed by atoms with E-state index < -0.39 is 13.7 Å². The SMILES string of the molecule is C=Cc1cc([N+](=O)[O-])c(COCCCC[Si](OC)(OC)OC)cc1OC. The second-order valence-corrected chi connectivity index (χ2v) is 8.58. The molecule has 26 heavy (non-hydrogen) atoms. The molecular formula is C17H27NO7Si. The van der Waals surface area contributed by atoms with Crippen molar-refractivity contribution in [3.63, 3.8) is 0 Å². The van der Waals surface area contributed by atoms with Gasteiger partial charge < -0.3 is 22.8 Å². The number of rotatable bonds is 13. The van der Waals surface area contributed by atoms with E-state index in [-0.39, 0.29) is 12.3 Å². The summed E-state index contributed by atoms with van der Waals surface area (Å²) in [5.74, 6) is 0.528. The van der Waals surface area contributed by atoms with Gasteiger partial charge in [-0.3, -0.25) is 10.1 Å². The monoisotopic (exact) mass is 385 g/mol. The zero-order valence-electron chi connectivity index (χ0n) is 15.8. The van der Waals surface area contributed by atoms with Gasteiger partial charge in [-0.1, -0.05) is 12.7 Å². The number of unbranched alkanes of at least 4 members (excludes halogenated alkanes) is 1. The Kier molecular flexibility index (Phi) is 9.45. The molecule has 1 aromatic carbocycles. The van der Waals surface area contributed by atoms with Gasteiger partial charge in [0.05, 0.1) is 24.2 Å². The molecule has 0 aliphatic carbocycles.